The van der Waals surface area contributed by atoms with Gasteiger partial charge in [0.25, 0.3) is 0 Å². The smallest absolute Gasteiger partial charge is 0.138 e. The van der Waals surface area contributed by atoms with Gasteiger partial charge in [-0.2, -0.15) is 0 Å². The van der Waals surface area contributed by atoms with Gasteiger partial charge in [-0.3, -0.25) is 4.98 Å². The molecule has 3 nitrogen and oxygen atoms in total. The summed E-state index contributed by atoms with van der Waals surface area (Å²) in [4.78, 5) is 4.39. The Morgan fingerprint density at radius 1 is 1.37 bits per heavy atom. The van der Waals surface area contributed by atoms with Gasteiger partial charge in [-0.25, -0.2) is 0 Å². The largest absolute Gasteiger partial charge is 0.489 e. The van der Waals surface area contributed by atoms with Gasteiger partial charge in [0.1, 0.15) is 12.4 Å². The number of hydrogen-bond acceptors (Lipinski definition) is 3. The van der Waals surface area contributed by atoms with Crippen molar-refractivity contribution in [2.75, 3.05) is 6.61 Å². The van der Waals surface area contributed by atoms with Gasteiger partial charge in [0.05, 0.1) is 23.4 Å². The molecule has 0 radical (unpaired) electrons. The summed E-state index contributed by atoms with van der Waals surface area (Å²) in [5.74, 6) is 0.812. The zero-order chi connectivity index (χ0) is 13.3. The van der Waals surface area contributed by atoms with Gasteiger partial charge in [0.2, 0.25) is 0 Å². The highest BCUT2D eigenvalue weighted by atomic mass is 16.6. The highest BCUT2D eigenvalue weighted by Crippen LogP contribution is 2.29. The lowest BCUT2D eigenvalue weighted by Crippen LogP contribution is -2.23. The molecule has 1 aliphatic heterocycles. The molecule has 3 rings (SSSR count). The highest BCUT2D eigenvalue weighted by Gasteiger charge is 2.31. The van der Waals surface area contributed by atoms with Gasteiger partial charge >= 0.3 is 0 Å². The first-order valence-corrected chi connectivity index (χ1v) is 6.78. The van der Waals surface area contributed by atoms with Crippen molar-refractivity contribution in [1.82, 2.24) is 4.98 Å². The zero-order valence-corrected chi connectivity index (χ0v) is 11.4. The molecule has 0 amide bonds. The van der Waals surface area contributed by atoms with Crippen molar-refractivity contribution in [2.24, 2.45) is 0 Å². The number of pyridine rings is 1. The second-order valence-corrected chi connectivity index (χ2v) is 5.71. The first-order chi connectivity index (χ1) is 9.12. The van der Waals surface area contributed by atoms with Crippen molar-refractivity contribution in [2.45, 2.75) is 38.4 Å². The van der Waals surface area contributed by atoms with Crippen LogP contribution in [0.4, 0.5) is 0 Å². The van der Waals surface area contributed by atoms with E-state index in [1.807, 2.05) is 30.3 Å². The van der Waals surface area contributed by atoms with Crippen molar-refractivity contribution in [3.8, 4) is 5.75 Å². The third kappa shape index (κ3) is 2.87. The first kappa shape index (κ1) is 12.4. The van der Waals surface area contributed by atoms with Gasteiger partial charge in [0.15, 0.2) is 0 Å². The molecule has 0 aliphatic carbocycles. The molecule has 0 bridgehead atoms. The van der Waals surface area contributed by atoms with E-state index in [1.165, 1.54) is 0 Å². The number of rotatable bonds is 3. The van der Waals surface area contributed by atoms with Gasteiger partial charge in [0, 0.05) is 5.39 Å². The summed E-state index contributed by atoms with van der Waals surface area (Å²) in [6.07, 6.45) is 4.13. The maximum absolute atomic E-state index is 5.91. The third-order valence-corrected chi connectivity index (χ3v) is 3.56. The van der Waals surface area contributed by atoms with Crippen LogP contribution in [-0.4, -0.2) is 23.3 Å². The van der Waals surface area contributed by atoms with Crippen molar-refractivity contribution >= 4 is 10.9 Å². The topological polar surface area (TPSA) is 31.4 Å². The van der Waals surface area contributed by atoms with Crippen LogP contribution in [0.2, 0.25) is 0 Å². The minimum absolute atomic E-state index is 0.00430. The molecule has 0 spiro atoms. The van der Waals surface area contributed by atoms with E-state index in [0.717, 1.165) is 29.5 Å². The summed E-state index contributed by atoms with van der Waals surface area (Å²) in [6, 6.07) is 10.1. The lowest BCUT2D eigenvalue weighted by atomic mass is 10.1. The Hall–Kier alpha value is -1.61. The number of hydrogen-bond donors (Lipinski definition) is 0. The van der Waals surface area contributed by atoms with Crippen LogP contribution in [0.1, 0.15) is 26.7 Å². The molecular weight excluding hydrogens is 238 g/mol. The van der Waals surface area contributed by atoms with E-state index < -0.39 is 0 Å². The predicted octanol–water partition coefficient (Wildman–Crippen LogP) is 3.57. The number of ether oxygens (including phenoxy) is 2. The molecule has 1 saturated heterocycles. The summed E-state index contributed by atoms with van der Waals surface area (Å²) in [5.41, 5.74) is 0.989. The van der Waals surface area contributed by atoms with E-state index in [9.17, 15) is 0 Å². The molecule has 1 fully saturated rings. The number of benzene rings is 1. The Balaban J connectivity index is 1.66. The molecule has 0 saturated carbocycles. The molecule has 1 aromatic heterocycles. The average molecular weight is 257 g/mol. The zero-order valence-electron chi connectivity index (χ0n) is 11.4. The summed E-state index contributed by atoms with van der Waals surface area (Å²) in [5, 5.41) is 1.10. The lowest BCUT2D eigenvalue weighted by molar-refractivity contribution is -0.0326. The van der Waals surface area contributed by atoms with Crippen LogP contribution in [-0.2, 0) is 4.74 Å². The van der Waals surface area contributed by atoms with Crippen molar-refractivity contribution in [1.29, 1.82) is 0 Å². The summed E-state index contributed by atoms with van der Waals surface area (Å²) < 4.78 is 11.7. The summed E-state index contributed by atoms with van der Waals surface area (Å²) in [6.45, 7) is 4.86. The van der Waals surface area contributed by atoms with E-state index >= 15 is 0 Å². The first-order valence-electron chi connectivity index (χ1n) is 6.78. The van der Waals surface area contributed by atoms with Crippen molar-refractivity contribution in [3.05, 3.63) is 36.5 Å². The standard InChI is InChI=1S/C16H19NO2/c1-16(2)8-7-13(19-16)11-18-14-9-12-5-3-4-6-15(12)17-10-14/h3-6,9-10,13H,7-8,11H2,1-2H3. The van der Waals surface area contributed by atoms with Gasteiger partial charge in [-0.15, -0.1) is 0 Å². The van der Waals surface area contributed by atoms with E-state index in [4.69, 9.17) is 9.47 Å². The molecule has 2 heterocycles. The van der Waals surface area contributed by atoms with Crippen LogP contribution in [0.5, 0.6) is 5.75 Å². The highest BCUT2D eigenvalue weighted by molar-refractivity contribution is 5.79. The molecule has 1 aliphatic rings. The number of para-hydroxylation sites is 1. The minimum atomic E-state index is -0.00430. The van der Waals surface area contributed by atoms with Gasteiger partial charge < -0.3 is 9.47 Å². The molecule has 1 atom stereocenters. The quantitative estimate of drug-likeness (QED) is 0.842. The number of aromatic nitrogens is 1. The molecule has 19 heavy (non-hydrogen) atoms. The monoisotopic (exact) mass is 257 g/mol. The van der Waals surface area contributed by atoms with Crippen molar-refractivity contribution in [3.63, 3.8) is 0 Å². The molecule has 1 aromatic carbocycles. The number of nitrogens with zero attached hydrogens (tertiary/aromatic N) is 1. The second-order valence-electron chi connectivity index (χ2n) is 5.71. The predicted molar refractivity (Wildman–Crippen MR) is 75.4 cm³/mol. The van der Waals surface area contributed by atoms with Crippen molar-refractivity contribution < 1.29 is 9.47 Å². The van der Waals surface area contributed by atoms with E-state index in [-0.39, 0.29) is 11.7 Å². The molecular formula is C16H19NO2. The Bertz CT molecular complexity index is 580. The SMILES string of the molecule is CC1(C)CCC(COc2cnc3ccccc3c2)O1. The van der Waals surface area contributed by atoms with Crippen LogP contribution in [0.15, 0.2) is 36.5 Å². The van der Waals surface area contributed by atoms with Gasteiger partial charge in [-0.05, 0) is 38.8 Å². The molecule has 3 heteroatoms. The summed E-state index contributed by atoms with van der Waals surface area (Å²) >= 11 is 0. The van der Waals surface area contributed by atoms with Crippen LogP contribution in [0.25, 0.3) is 10.9 Å². The Morgan fingerprint density at radius 3 is 3.00 bits per heavy atom. The normalized spacial score (nSPS) is 21.7. The lowest BCUT2D eigenvalue weighted by Gasteiger charge is -2.19. The van der Waals surface area contributed by atoms with Crippen LogP contribution < -0.4 is 4.74 Å². The molecule has 1 unspecified atom stereocenters. The van der Waals surface area contributed by atoms with Crippen LogP contribution in [0.3, 0.4) is 0 Å². The fourth-order valence-corrected chi connectivity index (χ4v) is 2.51. The summed E-state index contributed by atoms with van der Waals surface area (Å²) in [7, 11) is 0. The van der Waals surface area contributed by atoms with E-state index in [2.05, 4.69) is 18.8 Å². The maximum Gasteiger partial charge on any atom is 0.138 e. The average Bonchev–Trinajstić information content (AvgIpc) is 2.76. The third-order valence-electron chi connectivity index (χ3n) is 3.56. The Kier molecular flexibility index (Phi) is 3.15. The van der Waals surface area contributed by atoms with Crippen LogP contribution >= 0.6 is 0 Å². The minimum Gasteiger partial charge on any atom is -0.489 e. The molecule has 100 valence electrons. The van der Waals surface area contributed by atoms with E-state index in [1.54, 1.807) is 6.20 Å². The fraction of sp³-hybridized carbons (Fsp3) is 0.438. The maximum atomic E-state index is 5.91. The Labute approximate surface area is 113 Å². The van der Waals surface area contributed by atoms with Crippen LogP contribution in [0, 0.1) is 0 Å². The Morgan fingerprint density at radius 2 is 2.21 bits per heavy atom. The number of fused-ring (bicyclic) bond motifs is 1. The molecule has 0 N–H and O–H groups in total. The van der Waals surface area contributed by atoms with Gasteiger partial charge in [-0.1, -0.05) is 18.2 Å². The molecule has 2 aromatic rings. The van der Waals surface area contributed by atoms with E-state index in [0.29, 0.717) is 6.61 Å². The second kappa shape index (κ2) is 4.82. The fourth-order valence-electron chi connectivity index (χ4n) is 2.51.